The van der Waals surface area contributed by atoms with Crippen molar-refractivity contribution in [2.75, 3.05) is 20.2 Å². The van der Waals surface area contributed by atoms with Gasteiger partial charge in [0.1, 0.15) is 0 Å². The van der Waals surface area contributed by atoms with Crippen molar-refractivity contribution in [3.63, 3.8) is 0 Å². The van der Waals surface area contributed by atoms with E-state index in [2.05, 4.69) is 29.2 Å². The van der Waals surface area contributed by atoms with Crippen LogP contribution in [-0.4, -0.2) is 31.2 Å². The molecule has 1 unspecified atom stereocenters. The Kier molecular flexibility index (Phi) is 4.75. The molecule has 0 aromatic heterocycles. The maximum Gasteiger partial charge on any atom is 0.0595 e. The molecule has 1 fully saturated rings. The van der Waals surface area contributed by atoms with Crippen LogP contribution in [0.1, 0.15) is 36.9 Å². The fourth-order valence-corrected chi connectivity index (χ4v) is 2.49. The lowest BCUT2D eigenvalue weighted by Crippen LogP contribution is -2.36. The standard InChI is InChI=1S/C15H24N2O/c1-12(16)14-5-3-13(4-6-14)11-17-9-7-15(18-2)8-10-17/h3-6,12,15H,7-11,16H2,1-2H3. The van der Waals surface area contributed by atoms with E-state index in [0.717, 1.165) is 32.5 Å². The van der Waals surface area contributed by atoms with Gasteiger partial charge in [0.15, 0.2) is 0 Å². The van der Waals surface area contributed by atoms with Gasteiger partial charge in [-0.15, -0.1) is 0 Å². The number of rotatable bonds is 4. The van der Waals surface area contributed by atoms with Gasteiger partial charge < -0.3 is 10.5 Å². The van der Waals surface area contributed by atoms with Gasteiger partial charge in [-0.05, 0) is 30.9 Å². The van der Waals surface area contributed by atoms with Crippen molar-refractivity contribution in [2.45, 2.75) is 38.5 Å². The lowest BCUT2D eigenvalue weighted by atomic mass is 10.0. The van der Waals surface area contributed by atoms with Gasteiger partial charge in [-0.1, -0.05) is 24.3 Å². The highest BCUT2D eigenvalue weighted by Crippen LogP contribution is 2.17. The largest absolute Gasteiger partial charge is 0.381 e. The highest BCUT2D eigenvalue weighted by atomic mass is 16.5. The zero-order valence-corrected chi connectivity index (χ0v) is 11.4. The predicted molar refractivity (Wildman–Crippen MR) is 74.4 cm³/mol. The molecule has 3 nitrogen and oxygen atoms in total. The SMILES string of the molecule is COC1CCN(Cc2ccc(C(C)N)cc2)CC1. The first-order valence-corrected chi connectivity index (χ1v) is 6.78. The van der Waals surface area contributed by atoms with Gasteiger partial charge in [0.2, 0.25) is 0 Å². The van der Waals surface area contributed by atoms with Crippen LogP contribution >= 0.6 is 0 Å². The molecule has 1 aromatic rings. The lowest BCUT2D eigenvalue weighted by molar-refractivity contribution is 0.0388. The number of piperidine rings is 1. The molecule has 0 saturated carbocycles. The summed E-state index contributed by atoms with van der Waals surface area (Å²) >= 11 is 0. The summed E-state index contributed by atoms with van der Waals surface area (Å²) in [6, 6.07) is 8.79. The monoisotopic (exact) mass is 248 g/mol. The first kappa shape index (κ1) is 13.5. The summed E-state index contributed by atoms with van der Waals surface area (Å²) in [5, 5.41) is 0. The number of ether oxygens (including phenoxy) is 1. The van der Waals surface area contributed by atoms with Gasteiger partial charge in [-0.3, -0.25) is 4.90 Å². The van der Waals surface area contributed by atoms with Crippen molar-refractivity contribution < 1.29 is 4.74 Å². The molecule has 100 valence electrons. The van der Waals surface area contributed by atoms with Crippen LogP contribution in [0.3, 0.4) is 0 Å². The molecule has 1 heterocycles. The third-order valence-electron chi connectivity index (χ3n) is 3.78. The van der Waals surface area contributed by atoms with E-state index in [0.29, 0.717) is 6.10 Å². The summed E-state index contributed by atoms with van der Waals surface area (Å²) in [5.74, 6) is 0. The zero-order valence-electron chi connectivity index (χ0n) is 11.4. The number of hydrogen-bond acceptors (Lipinski definition) is 3. The van der Waals surface area contributed by atoms with Crippen LogP contribution in [0.5, 0.6) is 0 Å². The Bertz CT molecular complexity index is 353. The summed E-state index contributed by atoms with van der Waals surface area (Å²) in [5.41, 5.74) is 8.43. The molecule has 1 saturated heterocycles. The Morgan fingerprint density at radius 3 is 2.39 bits per heavy atom. The van der Waals surface area contributed by atoms with E-state index < -0.39 is 0 Å². The minimum atomic E-state index is 0.122. The van der Waals surface area contributed by atoms with E-state index in [-0.39, 0.29) is 6.04 Å². The van der Waals surface area contributed by atoms with Crippen LogP contribution in [0.25, 0.3) is 0 Å². The molecule has 0 aliphatic carbocycles. The van der Waals surface area contributed by atoms with Gasteiger partial charge in [0, 0.05) is 32.8 Å². The van der Waals surface area contributed by atoms with Crippen LogP contribution < -0.4 is 5.73 Å². The Morgan fingerprint density at radius 1 is 1.28 bits per heavy atom. The number of benzene rings is 1. The van der Waals surface area contributed by atoms with Crippen molar-refractivity contribution in [3.05, 3.63) is 35.4 Å². The summed E-state index contributed by atoms with van der Waals surface area (Å²) in [7, 11) is 1.81. The van der Waals surface area contributed by atoms with Gasteiger partial charge in [0.25, 0.3) is 0 Å². The van der Waals surface area contributed by atoms with Crippen molar-refractivity contribution in [3.8, 4) is 0 Å². The Hall–Kier alpha value is -0.900. The van der Waals surface area contributed by atoms with Gasteiger partial charge in [-0.2, -0.15) is 0 Å². The van der Waals surface area contributed by atoms with Gasteiger partial charge in [0.05, 0.1) is 6.10 Å². The Morgan fingerprint density at radius 2 is 1.89 bits per heavy atom. The molecule has 18 heavy (non-hydrogen) atoms. The fraction of sp³-hybridized carbons (Fsp3) is 0.600. The summed E-state index contributed by atoms with van der Waals surface area (Å²) in [4.78, 5) is 2.50. The molecule has 1 aliphatic rings. The highest BCUT2D eigenvalue weighted by Gasteiger charge is 2.18. The van der Waals surface area contributed by atoms with E-state index in [1.165, 1.54) is 11.1 Å². The van der Waals surface area contributed by atoms with E-state index in [4.69, 9.17) is 10.5 Å². The molecule has 1 atom stereocenters. The smallest absolute Gasteiger partial charge is 0.0595 e. The molecule has 0 amide bonds. The summed E-state index contributed by atoms with van der Waals surface area (Å²) < 4.78 is 5.39. The van der Waals surface area contributed by atoms with E-state index in [9.17, 15) is 0 Å². The second-order valence-corrected chi connectivity index (χ2v) is 5.24. The average molecular weight is 248 g/mol. The second-order valence-electron chi connectivity index (χ2n) is 5.24. The second kappa shape index (κ2) is 6.32. The molecule has 0 spiro atoms. The van der Waals surface area contributed by atoms with Crippen LogP contribution in [0, 0.1) is 0 Å². The van der Waals surface area contributed by atoms with Crippen molar-refractivity contribution in [1.29, 1.82) is 0 Å². The quantitative estimate of drug-likeness (QED) is 0.888. The van der Waals surface area contributed by atoms with Crippen molar-refractivity contribution >= 4 is 0 Å². The Balaban J connectivity index is 1.86. The molecule has 0 bridgehead atoms. The molecule has 1 aromatic carbocycles. The van der Waals surface area contributed by atoms with Crippen LogP contribution in [0.15, 0.2) is 24.3 Å². The first-order valence-electron chi connectivity index (χ1n) is 6.78. The molecule has 1 aliphatic heterocycles. The minimum absolute atomic E-state index is 0.122. The first-order chi connectivity index (χ1) is 8.69. The fourth-order valence-electron chi connectivity index (χ4n) is 2.49. The normalized spacial score (nSPS) is 19.9. The summed E-state index contributed by atoms with van der Waals surface area (Å²) in [6.45, 7) is 5.32. The molecular formula is C15H24N2O. The van der Waals surface area contributed by atoms with Crippen LogP contribution in [0.4, 0.5) is 0 Å². The molecule has 2 rings (SSSR count). The van der Waals surface area contributed by atoms with Crippen molar-refractivity contribution in [1.82, 2.24) is 4.90 Å². The third-order valence-corrected chi connectivity index (χ3v) is 3.78. The zero-order chi connectivity index (χ0) is 13.0. The van der Waals surface area contributed by atoms with Crippen molar-refractivity contribution in [2.24, 2.45) is 5.73 Å². The summed E-state index contributed by atoms with van der Waals surface area (Å²) in [6.07, 6.45) is 2.75. The Labute approximate surface area is 110 Å². The van der Waals surface area contributed by atoms with E-state index in [1.807, 2.05) is 14.0 Å². The number of methoxy groups -OCH3 is 1. The van der Waals surface area contributed by atoms with Crippen LogP contribution in [0.2, 0.25) is 0 Å². The number of likely N-dealkylation sites (tertiary alicyclic amines) is 1. The average Bonchev–Trinajstić information content (AvgIpc) is 2.40. The molecule has 3 heteroatoms. The molecule has 0 radical (unpaired) electrons. The maximum absolute atomic E-state index is 5.85. The number of hydrogen-bond donors (Lipinski definition) is 1. The van der Waals surface area contributed by atoms with E-state index >= 15 is 0 Å². The predicted octanol–water partition coefficient (Wildman–Crippen LogP) is 2.32. The highest BCUT2D eigenvalue weighted by molar-refractivity contribution is 5.24. The number of nitrogens with two attached hydrogens (primary N) is 1. The third kappa shape index (κ3) is 3.55. The van der Waals surface area contributed by atoms with E-state index in [1.54, 1.807) is 0 Å². The number of nitrogens with zero attached hydrogens (tertiary/aromatic N) is 1. The molecular weight excluding hydrogens is 224 g/mol. The minimum Gasteiger partial charge on any atom is -0.381 e. The molecule has 2 N–H and O–H groups in total. The lowest BCUT2D eigenvalue weighted by Gasteiger charge is -2.31. The van der Waals surface area contributed by atoms with Gasteiger partial charge in [-0.25, -0.2) is 0 Å². The van der Waals surface area contributed by atoms with Gasteiger partial charge >= 0.3 is 0 Å². The maximum atomic E-state index is 5.85. The van der Waals surface area contributed by atoms with Crippen LogP contribution in [-0.2, 0) is 11.3 Å². The topological polar surface area (TPSA) is 38.5 Å².